The van der Waals surface area contributed by atoms with Gasteiger partial charge in [0.1, 0.15) is 0 Å². The van der Waals surface area contributed by atoms with E-state index in [9.17, 15) is 15.3 Å². The Morgan fingerprint density at radius 3 is 2.53 bits per heavy atom. The summed E-state index contributed by atoms with van der Waals surface area (Å²) in [6.45, 7) is 2.19. The molecule has 19 heavy (non-hydrogen) atoms. The van der Waals surface area contributed by atoms with E-state index in [1.807, 2.05) is 19.1 Å². The van der Waals surface area contributed by atoms with E-state index in [4.69, 9.17) is 11.6 Å². The predicted octanol–water partition coefficient (Wildman–Crippen LogP) is 3.38. The first-order valence-electron chi connectivity index (χ1n) is 5.72. The van der Waals surface area contributed by atoms with Crippen LogP contribution in [0.4, 0.5) is 5.69 Å². The Kier molecular flexibility index (Phi) is 3.71. The fourth-order valence-electron chi connectivity index (χ4n) is 1.74. The summed E-state index contributed by atoms with van der Waals surface area (Å²) in [5.74, 6) is -1.19. The number of nitrogens with one attached hydrogen (secondary N) is 1. The lowest BCUT2D eigenvalue weighted by Crippen LogP contribution is -2.01. The normalized spacial score (nSPS) is 10.4. The standard InChI is InChI=1S/C14H14ClNO3/c1-8-10(15)3-2-4-11(8)16-7-9-5-6-12(17)14(19)13(9)18/h2-6,16-19H,7H2,1H3. The molecule has 0 atom stereocenters. The molecule has 0 fully saturated rings. The first kappa shape index (κ1) is 13.4. The van der Waals surface area contributed by atoms with Crippen molar-refractivity contribution >= 4 is 17.3 Å². The quantitative estimate of drug-likeness (QED) is 0.650. The molecule has 0 saturated heterocycles. The molecule has 4 nitrogen and oxygen atoms in total. The van der Waals surface area contributed by atoms with Gasteiger partial charge in [0.15, 0.2) is 11.5 Å². The van der Waals surface area contributed by atoms with Gasteiger partial charge in [0.2, 0.25) is 5.75 Å². The molecular formula is C14H14ClNO3. The maximum absolute atomic E-state index is 9.70. The number of hydrogen-bond acceptors (Lipinski definition) is 4. The number of hydrogen-bond donors (Lipinski definition) is 4. The Morgan fingerprint density at radius 1 is 1.05 bits per heavy atom. The minimum Gasteiger partial charge on any atom is -0.504 e. The summed E-state index contributed by atoms with van der Waals surface area (Å²) < 4.78 is 0. The van der Waals surface area contributed by atoms with Crippen LogP contribution in [-0.2, 0) is 6.54 Å². The molecule has 4 N–H and O–H groups in total. The zero-order valence-corrected chi connectivity index (χ0v) is 11.1. The van der Waals surface area contributed by atoms with Crippen LogP contribution in [0.5, 0.6) is 17.2 Å². The summed E-state index contributed by atoms with van der Waals surface area (Å²) in [7, 11) is 0. The van der Waals surface area contributed by atoms with Crippen molar-refractivity contribution in [1.82, 2.24) is 0 Å². The minimum absolute atomic E-state index is 0.306. The molecule has 0 aliphatic rings. The molecule has 2 aromatic rings. The van der Waals surface area contributed by atoms with E-state index in [1.165, 1.54) is 12.1 Å². The van der Waals surface area contributed by atoms with Crippen LogP contribution in [0.15, 0.2) is 30.3 Å². The highest BCUT2D eigenvalue weighted by Crippen LogP contribution is 2.37. The van der Waals surface area contributed by atoms with Gasteiger partial charge in [-0.05, 0) is 36.8 Å². The summed E-state index contributed by atoms with van der Waals surface area (Å²) in [4.78, 5) is 0. The van der Waals surface area contributed by atoms with Crippen LogP contribution in [0.25, 0.3) is 0 Å². The van der Waals surface area contributed by atoms with Gasteiger partial charge in [0.25, 0.3) is 0 Å². The Bertz CT molecular complexity index is 614. The largest absolute Gasteiger partial charge is 0.504 e. The molecule has 0 spiro atoms. The molecule has 2 rings (SSSR count). The Morgan fingerprint density at radius 2 is 1.79 bits per heavy atom. The summed E-state index contributed by atoms with van der Waals surface area (Å²) in [6, 6.07) is 8.37. The van der Waals surface area contributed by atoms with Gasteiger partial charge in [-0.3, -0.25) is 0 Å². The monoisotopic (exact) mass is 279 g/mol. The van der Waals surface area contributed by atoms with E-state index < -0.39 is 5.75 Å². The summed E-state index contributed by atoms with van der Waals surface area (Å²) in [6.07, 6.45) is 0. The van der Waals surface area contributed by atoms with E-state index in [-0.39, 0.29) is 11.5 Å². The number of phenols is 3. The van der Waals surface area contributed by atoms with Gasteiger partial charge in [-0.25, -0.2) is 0 Å². The molecule has 2 aromatic carbocycles. The van der Waals surface area contributed by atoms with Gasteiger partial charge in [0.05, 0.1) is 0 Å². The van der Waals surface area contributed by atoms with E-state index >= 15 is 0 Å². The van der Waals surface area contributed by atoms with Gasteiger partial charge in [-0.15, -0.1) is 0 Å². The minimum atomic E-state index is -0.512. The van der Waals surface area contributed by atoms with Crippen molar-refractivity contribution in [1.29, 1.82) is 0 Å². The molecule has 5 heteroatoms. The molecule has 0 aromatic heterocycles. The van der Waals surface area contributed by atoms with Gasteiger partial charge in [0, 0.05) is 22.8 Å². The van der Waals surface area contributed by atoms with Gasteiger partial charge >= 0.3 is 0 Å². The highest BCUT2D eigenvalue weighted by molar-refractivity contribution is 6.31. The second-order valence-corrected chi connectivity index (χ2v) is 4.61. The van der Waals surface area contributed by atoms with Crippen LogP contribution in [0, 0.1) is 6.92 Å². The van der Waals surface area contributed by atoms with Crippen molar-refractivity contribution in [2.24, 2.45) is 0 Å². The fraction of sp³-hybridized carbons (Fsp3) is 0.143. The lowest BCUT2D eigenvalue weighted by Gasteiger charge is -2.12. The smallest absolute Gasteiger partial charge is 0.200 e. The third-order valence-electron chi connectivity index (χ3n) is 2.95. The molecular weight excluding hydrogens is 266 g/mol. The first-order chi connectivity index (χ1) is 9.00. The number of phenolic OH excluding ortho intramolecular Hbond substituents is 3. The molecule has 100 valence electrons. The lowest BCUT2D eigenvalue weighted by molar-refractivity contribution is 0.365. The topological polar surface area (TPSA) is 72.7 Å². The molecule has 0 amide bonds. The van der Waals surface area contributed by atoms with Gasteiger partial charge in [-0.2, -0.15) is 0 Å². The van der Waals surface area contributed by atoms with Crippen LogP contribution in [-0.4, -0.2) is 15.3 Å². The lowest BCUT2D eigenvalue weighted by atomic mass is 10.1. The number of halogens is 1. The zero-order chi connectivity index (χ0) is 14.0. The van der Waals surface area contributed by atoms with Crippen molar-refractivity contribution in [2.75, 3.05) is 5.32 Å². The third-order valence-corrected chi connectivity index (χ3v) is 3.36. The molecule has 0 aliphatic carbocycles. The van der Waals surface area contributed by atoms with E-state index in [1.54, 1.807) is 6.07 Å². The zero-order valence-electron chi connectivity index (χ0n) is 10.3. The highest BCUT2D eigenvalue weighted by atomic mass is 35.5. The van der Waals surface area contributed by atoms with Crippen molar-refractivity contribution in [3.05, 3.63) is 46.5 Å². The Balaban J connectivity index is 2.20. The first-order valence-corrected chi connectivity index (χ1v) is 6.10. The Hall–Kier alpha value is -2.07. The number of rotatable bonds is 3. The van der Waals surface area contributed by atoms with E-state index in [0.29, 0.717) is 17.1 Å². The van der Waals surface area contributed by atoms with Crippen LogP contribution >= 0.6 is 11.6 Å². The second-order valence-electron chi connectivity index (χ2n) is 4.21. The number of anilines is 1. The highest BCUT2D eigenvalue weighted by Gasteiger charge is 2.11. The average molecular weight is 280 g/mol. The SMILES string of the molecule is Cc1c(Cl)cccc1NCc1ccc(O)c(O)c1O. The molecule has 0 aliphatic heterocycles. The summed E-state index contributed by atoms with van der Waals surface area (Å²) >= 11 is 6.01. The predicted molar refractivity (Wildman–Crippen MR) is 75.0 cm³/mol. The van der Waals surface area contributed by atoms with Gasteiger partial charge < -0.3 is 20.6 Å². The van der Waals surface area contributed by atoms with Crippen molar-refractivity contribution < 1.29 is 15.3 Å². The number of benzene rings is 2. The maximum atomic E-state index is 9.70. The van der Waals surface area contributed by atoms with Crippen LogP contribution in [0.3, 0.4) is 0 Å². The number of aromatic hydroxyl groups is 3. The van der Waals surface area contributed by atoms with Crippen molar-refractivity contribution in [3.63, 3.8) is 0 Å². The summed E-state index contributed by atoms with van der Waals surface area (Å²) in [5, 5.41) is 32.2. The fourth-order valence-corrected chi connectivity index (χ4v) is 1.92. The molecule has 0 heterocycles. The van der Waals surface area contributed by atoms with Crippen molar-refractivity contribution in [3.8, 4) is 17.2 Å². The van der Waals surface area contributed by atoms with Gasteiger partial charge in [-0.1, -0.05) is 17.7 Å². The molecule has 0 saturated carbocycles. The Labute approximate surface area is 115 Å². The van der Waals surface area contributed by atoms with Crippen LogP contribution in [0.2, 0.25) is 5.02 Å². The summed E-state index contributed by atoms with van der Waals surface area (Å²) in [5.41, 5.74) is 2.24. The van der Waals surface area contributed by atoms with E-state index in [2.05, 4.69) is 5.32 Å². The maximum Gasteiger partial charge on any atom is 0.200 e. The molecule has 0 radical (unpaired) electrons. The second kappa shape index (κ2) is 5.28. The molecule has 0 bridgehead atoms. The molecule has 0 unspecified atom stereocenters. The van der Waals surface area contributed by atoms with E-state index in [0.717, 1.165) is 11.3 Å². The van der Waals surface area contributed by atoms with Crippen LogP contribution < -0.4 is 5.32 Å². The van der Waals surface area contributed by atoms with Crippen LogP contribution in [0.1, 0.15) is 11.1 Å². The average Bonchev–Trinajstić information content (AvgIpc) is 2.40. The van der Waals surface area contributed by atoms with Crippen molar-refractivity contribution in [2.45, 2.75) is 13.5 Å². The third kappa shape index (κ3) is 2.69.